The number of benzene rings is 2. The van der Waals surface area contributed by atoms with E-state index in [9.17, 15) is 4.79 Å². The number of nitrogens with zero attached hydrogens (tertiary/aromatic N) is 2. The van der Waals surface area contributed by atoms with Crippen LogP contribution in [0.2, 0.25) is 0 Å². The Labute approximate surface area is 130 Å². The average Bonchev–Trinajstić information content (AvgIpc) is 2.58. The van der Waals surface area contributed by atoms with Crippen molar-refractivity contribution in [3.8, 4) is 11.8 Å². The van der Waals surface area contributed by atoms with Crippen LogP contribution in [0.1, 0.15) is 18.1 Å². The zero-order valence-corrected chi connectivity index (χ0v) is 12.5. The van der Waals surface area contributed by atoms with Gasteiger partial charge in [0.2, 0.25) is 0 Å². The van der Waals surface area contributed by atoms with Crippen molar-refractivity contribution in [2.75, 3.05) is 13.2 Å². The highest BCUT2D eigenvalue weighted by Gasteiger charge is 2.13. The molecule has 0 saturated heterocycles. The summed E-state index contributed by atoms with van der Waals surface area (Å²) in [5.74, 6) is 0.341. The van der Waals surface area contributed by atoms with Crippen molar-refractivity contribution in [1.82, 2.24) is 4.90 Å². The van der Waals surface area contributed by atoms with Crippen LogP contribution in [0.4, 0.5) is 0 Å². The summed E-state index contributed by atoms with van der Waals surface area (Å²) in [6.07, 6.45) is 0. The van der Waals surface area contributed by atoms with Gasteiger partial charge in [-0.3, -0.25) is 4.79 Å². The summed E-state index contributed by atoms with van der Waals surface area (Å²) >= 11 is 0. The van der Waals surface area contributed by atoms with E-state index in [0.29, 0.717) is 24.4 Å². The van der Waals surface area contributed by atoms with Crippen LogP contribution in [0.5, 0.6) is 5.75 Å². The van der Waals surface area contributed by atoms with E-state index in [2.05, 4.69) is 6.07 Å². The number of para-hydroxylation sites is 1. The second kappa shape index (κ2) is 7.84. The molecule has 0 aliphatic rings. The van der Waals surface area contributed by atoms with Gasteiger partial charge in [0, 0.05) is 13.1 Å². The minimum Gasteiger partial charge on any atom is -0.482 e. The molecular formula is C18H18N2O2. The molecule has 0 atom stereocenters. The number of hydrogen-bond acceptors (Lipinski definition) is 3. The number of hydrogen-bond donors (Lipinski definition) is 0. The first-order valence-electron chi connectivity index (χ1n) is 7.18. The number of amides is 1. The first-order valence-corrected chi connectivity index (χ1v) is 7.18. The largest absolute Gasteiger partial charge is 0.482 e. The molecule has 2 aromatic rings. The van der Waals surface area contributed by atoms with Gasteiger partial charge in [-0.25, -0.2) is 0 Å². The molecule has 0 saturated carbocycles. The third-order valence-corrected chi connectivity index (χ3v) is 3.31. The Morgan fingerprint density at radius 1 is 1.14 bits per heavy atom. The third-order valence-electron chi connectivity index (χ3n) is 3.31. The number of rotatable bonds is 6. The first kappa shape index (κ1) is 15.6. The minimum atomic E-state index is -0.0981. The van der Waals surface area contributed by atoms with Crippen LogP contribution < -0.4 is 4.74 Å². The molecule has 0 aromatic heterocycles. The predicted molar refractivity (Wildman–Crippen MR) is 84.2 cm³/mol. The second-order valence-corrected chi connectivity index (χ2v) is 4.79. The fraction of sp³-hybridized carbons (Fsp3) is 0.222. The number of nitriles is 1. The zero-order chi connectivity index (χ0) is 15.8. The molecule has 0 fully saturated rings. The molecule has 0 heterocycles. The molecule has 0 unspecified atom stereocenters. The Morgan fingerprint density at radius 2 is 1.82 bits per heavy atom. The Balaban J connectivity index is 1.97. The molecule has 0 radical (unpaired) electrons. The van der Waals surface area contributed by atoms with E-state index in [-0.39, 0.29) is 12.5 Å². The maximum atomic E-state index is 12.3. The van der Waals surface area contributed by atoms with E-state index in [4.69, 9.17) is 10.00 Å². The quantitative estimate of drug-likeness (QED) is 0.823. The predicted octanol–water partition coefficient (Wildman–Crippen LogP) is 2.99. The van der Waals surface area contributed by atoms with Gasteiger partial charge >= 0.3 is 0 Å². The lowest BCUT2D eigenvalue weighted by Gasteiger charge is -2.21. The first-order chi connectivity index (χ1) is 10.7. The molecule has 0 N–H and O–H groups in total. The van der Waals surface area contributed by atoms with E-state index in [1.54, 1.807) is 29.2 Å². The minimum absolute atomic E-state index is 0.0701. The van der Waals surface area contributed by atoms with Crippen LogP contribution >= 0.6 is 0 Å². The Morgan fingerprint density at radius 3 is 2.50 bits per heavy atom. The molecule has 0 bridgehead atoms. The van der Waals surface area contributed by atoms with Gasteiger partial charge in [0.05, 0.1) is 5.56 Å². The number of carbonyl (C=O) groups excluding carboxylic acids is 1. The highest BCUT2D eigenvalue weighted by Crippen LogP contribution is 2.16. The van der Waals surface area contributed by atoms with Gasteiger partial charge in [-0.15, -0.1) is 0 Å². The summed E-state index contributed by atoms with van der Waals surface area (Å²) in [6.45, 7) is 3.03. The molecule has 2 aromatic carbocycles. The smallest absolute Gasteiger partial charge is 0.260 e. The fourth-order valence-corrected chi connectivity index (χ4v) is 2.10. The highest BCUT2D eigenvalue weighted by molar-refractivity contribution is 5.77. The van der Waals surface area contributed by atoms with E-state index < -0.39 is 0 Å². The lowest BCUT2D eigenvalue weighted by Crippen LogP contribution is -2.34. The molecule has 1 amide bonds. The molecular weight excluding hydrogens is 276 g/mol. The van der Waals surface area contributed by atoms with E-state index in [1.165, 1.54) is 0 Å². The molecule has 0 spiro atoms. The monoisotopic (exact) mass is 294 g/mol. The van der Waals surface area contributed by atoms with E-state index >= 15 is 0 Å². The Bertz CT molecular complexity index is 662. The maximum absolute atomic E-state index is 12.3. The SMILES string of the molecule is CCN(Cc1ccccc1)C(=O)COc1ccccc1C#N. The van der Waals surface area contributed by atoms with Gasteiger partial charge < -0.3 is 9.64 Å². The van der Waals surface area contributed by atoms with Crippen LogP contribution in [0.15, 0.2) is 54.6 Å². The fourth-order valence-electron chi connectivity index (χ4n) is 2.10. The maximum Gasteiger partial charge on any atom is 0.260 e. The van der Waals surface area contributed by atoms with Gasteiger partial charge in [0.25, 0.3) is 5.91 Å². The van der Waals surface area contributed by atoms with Gasteiger partial charge in [0.15, 0.2) is 6.61 Å². The van der Waals surface area contributed by atoms with Crippen molar-refractivity contribution in [2.45, 2.75) is 13.5 Å². The molecule has 0 aliphatic carbocycles. The highest BCUT2D eigenvalue weighted by atomic mass is 16.5. The second-order valence-electron chi connectivity index (χ2n) is 4.79. The zero-order valence-electron chi connectivity index (χ0n) is 12.5. The van der Waals surface area contributed by atoms with Crippen LogP contribution in [0.25, 0.3) is 0 Å². The van der Waals surface area contributed by atoms with Crippen molar-refractivity contribution >= 4 is 5.91 Å². The molecule has 0 aliphatic heterocycles. The lowest BCUT2D eigenvalue weighted by atomic mass is 10.2. The lowest BCUT2D eigenvalue weighted by molar-refractivity contribution is -0.133. The van der Waals surface area contributed by atoms with E-state index in [0.717, 1.165) is 5.56 Å². The van der Waals surface area contributed by atoms with Crippen LogP contribution in [-0.4, -0.2) is 24.0 Å². The molecule has 112 valence electrons. The summed E-state index contributed by atoms with van der Waals surface area (Å²) in [4.78, 5) is 14.0. The number of carbonyl (C=O) groups is 1. The summed E-state index contributed by atoms with van der Waals surface area (Å²) in [5.41, 5.74) is 1.51. The topological polar surface area (TPSA) is 53.3 Å². The standard InChI is InChI=1S/C18H18N2O2/c1-2-20(13-15-8-4-3-5-9-15)18(21)14-22-17-11-7-6-10-16(17)12-19/h3-11H,2,13-14H2,1H3. The molecule has 2 rings (SSSR count). The Hall–Kier alpha value is -2.80. The third kappa shape index (κ3) is 4.10. The molecule has 4 nitrogen and oxygen atoms in total. The molecule has 4 heteroatoms. The van der Waals surface area contributed by atoms with Crippen molar-refractivity contribution in [1.29, 1.82) is 5.26 Å². The van der Waals surface area contributed by atoms with Gasteiger partial charge in [-0.05, 0) is 24.6 Å². The summed E-state index contributed by atoms with van der Waals surface area (Å²) in [5, 5.41) is 9.01. The van der Waals surface area contributed by atoms with Crippen molar-refractivity contribution in [2.24, 2.45) is 0 Å². The number of likely N-dealkylation sites (N-methyl/N-ethyl adjacent to an activating group) is 1. The number of ether oxygens (including phenoxy) is 1. The van der Waals surface area contributed by atoms with E-state index in [1.807, 2.05) is 37.3 Å². The van der Waals surface area contributed by atoms with Gasteiger partial charge in [0.1, 0.15) is 11.8 Å². The summed E-state index contributed by atoms with van der Waals surface area (Å²) in [6, 6.07) is 18.8. The summed E-state index contributed by atoms with van der Waals surface area (Å²) < 4.78 is 5.50. The van der Waals surface area contributed by atoms with Crippen LogP contribution in [0.3, 0.4) is 0 Å². The van der Waals surface area contributed by atoms with Crippen molar-refractivity contribution in [3.05, 3.63) is 65.7 Å². The summed E-state index contributed by atoms with van der Waals surface area (Å²) in [7, 11) is 0. The van der Waals surface area contributed by atoms with Gasteiger partial charge in [-0.1, -0.05) is 42.5 Å². The van der Waals surface area contributed by atoms with Crippen molar-refractivity contribution < 1.29 is 9.53 Å². The average molecular weight is 294 g/mol. The molecule has 22 heavy (non-hydrogen) atoms. The van der Waals surface area contributed by atoms with Gasteiger partial charge in [-0.2, -0.15) is 5.26 Å². The normalized spacial score (nSPS) is 9.82. The van der Waals surface area contributed by atoms with Crippen molar-refractivity contribution in [3.63, 3.8) is 0 Å². The van der Waals surface area contributed by atoms with Crippen LogP contribution in [-0.2, 0) is 11.3 Å². The Kier molecular flexibility index (Phi) is 5.56. The van der Waals surface area contributed by atoms with Crippen LogP contribution in [0, 0.1) is 11.3 Å².